The zero-order valence-corrected chi connectivity index (χ0v) is 11.7. The molecule has 0 unspecified atom stereocenters. The Bertz CT molecular complexity index is 545. The monoisotopic (exact) mass is 299 g/mol. The second kappa shape index (κ2) is 5.78. The number of nitro benzene ring substituents is 1. The van der Waals surface area contributed by atoms with E-state index < -0.39 is 10.7 Å². The van der Waals surface area contributed by atoms with Crippen LogP contribution in [0.15, 0.2) is 23.1 Å². The maximum absolute atomic E-state index is 13.7. The summed E-state index contributed by atoms with van der Waals surface area (Å²) >= 11 is 1.28. The van der Waals surface area contributed by atoms with Crippen molar-refractivity contribution in [3.8, 4) is 0 Å². The van der Waals surface area contributed by atoms with Crippen LogP contribution in [0.3, 0.4) is 0 Å². The van der Waals surface area contributed by atoms with Crippen LogP contribution in [0.5, 0.6) is 0 Å². The van der Waals surface area contributed by atoms with Crippen LogP contribution >= 0.6 is 11.8 Å². The van der Waals surface area contributed by atoms with E-state index >= 15 is 0 Å². The van der Waals surface area contributed by atoms with E-state index in [2.05, 4.69) is 4.74 Å². The summed E-state index contributed by atoms with van der Waals surface area (Å²) in [7, 11) is 1.35. The van der Waals surface area contributed by atoms with E-state index in [0.717, 1.165) is 18.9 Å². The Morgan fingerprint density at radius 2 is 2.25 bits per heavy atom. The fourth-order valence-electron chi connectivity index (χ4n) is 1.88. The normalized spacial score (nSPS) is 15.7. The predicted octanol–water partition coefficient (Wildman–Crippen LogP) is 3.17. The highest BCUT2D eigenvalue weighted by molar-refractivity contribution is 7.99. The zero-order valence-electron chi connectivity index (χ0n) is 10.9. The maximum atomic E-state index is 13.7. The van der Waals surface area contributed by atoms with Crippen LogP contribution in [0.25, 0.3) is 0 Å². The SMILES string of the molecule is COC(=O)CC1(CSc2ccc([N+](=O)[O-])cc2F)CC1. The van der Waals surface area contributed by atoms with Gasteiger partial charge in [-0.3, -0.25) is 14.9 Å². The molecule has 0 bridgehead atoms. The van der Waals surface area contributed by atoms with Crippen LogP contribution in [0, 0.1) is 21.3 Å². The fourth-order valence-corrected chi connectivity index (χ4v) is 3.09. The second-order valence-electron chi connectivity index (χ2n) is 4.91. The summed E-state index contributed by atoms with van der Waals surface area (Å²) in [5, 5.41) is 10.5. The Morgan fingerprint density at radius 1 is 1.55 bits per heavy atom. The van der Waals surface area contributed by atoms with Gasteiger partial charge >= 0.3 is 5.97 Å². The van der Waals surface area contributed by atoms with E-state index in [1.54, 1.807) is 0 Å². The third-order valence-corrected chi connectivity index (χ3v) is 4.76. The average molecular weight is 299 g/mol. The lowest BCUT2D eigenvalue weighted by Gasteiger charge is -2.13. The van der Waals surface area contributed by atoms with Gasteiger partial charge in [-0.15, -0.1) is 11.8 Å². The summed E-state index contributed by atoms with van der Waals surface area (Å²) in [6.07, 6.45) is 2.18. The van der Waals surface area contributed by atoms with Gasteiger partial charge in [0, 0.05) is 16.7 Å². The van der Waals surface area contributed by atoms with E-state index in [1.165, 1.54) is 31.0 Å². The van der Waals surface area contributed by atoms with Crippen molar-refractivity contribution in [3.63, 3.8) is 0 Å². The van der Waals surface area contributed by atoms with Crippen LogP contribution < -0.4 is 0 Å². The van der Waals surface area contributed by atoms with Crippen molar-refractivity contribution in [2.24, 2.45) is 5.41 Å². The van der Waals surface area contributed by atoms with Gasteiger partial charge in [0.05, 0.1) is 24.5 Å². The molecule has 0 aliphatic heterocycles. The number of hydrogen-bond donors (Lipinski definition) is 0. The summed E-state index contributed by atoms with van der Waals surface area (Å²) in [6.45, 7) is 0. The summed E-state index contributed by atoms with van der Waals surface area (Å²) in [5.41, 5.74) is -0.367. The number of nitrogens with zero attached hydrogens (tertiary/aromatic N) is 1. The standard InChI is InChI=1S/C13H14FNO4S/c1-19-12(16)7-13(4-5-13)8-20-11-3-2-9(15(17)18)6-10(11)14/h2-3,6H,4-5,7-8H2,1H3. The molecule has 108 valence electrons. The molecule has 0 heterocycles. The molecule has 1 fully saturated rings. The van der Waals surface area contributed by atoms with Crippen LogP contribution in [0.1, 0.15) is 19.3 Å². The molecule has 2 rings (SSSR count). The minimum Gasteiger partial charge on any atom is -0.469 e. The number of esters is 1. The molecule has 0 saturated heterocycles. The molecule has 0 atom stereocenters. The zero-order chi connectivity index (χ0) is 14.8. The highest BCUT2D eigenvalue weighted by atomic mass is 32.2. The Labute approximate surface area is 119 Å². The first-order valence-electron chi connectivity index (χ1n) is 6.09. The second-order valence-corrected chi connectivity index (χ2v) is 5.93. The third-order valence-electron chi connectivity index (χ3n) is 3.36. The molecule has 1 aliphatic rings. The quantitative estimate of drug-likeness (QED) is 0.349. The van der Waals surface area contributed by atoms with Crippen LogP contribution in [-0.4, -0.2) is 23.8 Å². The van der Waals surface area contributed by atoms with E-state index in [4.69, 9.17) is 0 Å². The Balaban J connectivity index is 1.98. The maximum Gasteiger partial charge on any atom is 0.306 e. The Morgan fingerprint density at radius 3 is 2.75 bits per heavy atom. The van der Waals surface area contributed by atoms with E-state index in [1.807, 2.05) is 0 Å². The lowest BCUT2D eigenvalue weighted by molar-refractivity contribution is -0.385. The number of hydrogen-bond acceptors (Lipinski definition) is 5. The van der Waals surface area contributed by atoms with Gasteiger partial charge < -0.3 is 4.74 Å². The molecule has 0 radical (unpaired) electrons. The number of benzene rings is 1. The highest BCUT2D eigenvalue weighted by Gasteiger charge is 2.44. The molecule has 7 heteroatoms. The van der Waals surface area contributed by atoms with E-state index in [-0.39, 0.29) is 17.1 Å². The molecule has 1 aromatic rings. The van der Waals surface area contributed by atoms with Gasteiger partial charge in [0.15, 0.2) is 0 Å². The first-order valence-corrected chi connectivity index (χ1v) is 7.08. The predicted molar refractivity (Wildman–Crippen MR) is 72.1 cm³/mol. The number of ether oxygens (including phenoxy) is 1. The highest BCUT2D eigenvalue weighted by Crippen LogP contribution is 2.52. The summed E-state index contributed by atoms with van der Waals surface area (Å²) < 4.78 is 18.4. The number of carbonyl (C=O) groups excluding carboxylic acids is 1. The molecule has 0 spiro atoms. The van der Waals surface area contributed by atoms with Crippen molar-refractivity contribution in [2.75, 3.05) is 12.9 Å². The van der Waals surface area contributed by atoms with Gasteiger partial charge in [-0.1, -0.05) is 0 Å². The summed E-state index contributed by atoms with van der Waals surface area (Å²) in [6, 6.07) is 3.61. The van der Waals surface area contributed by atoms with Gasteiger partial charge in [-0.25, -0.2) is 4.39 Å². The molecule has 1 aromatic carbocycles. The smallest absolute Gasteiger partial charge is 0.306 e. The van der Waals surface area contributed by atoms with Crippen LogP contribution in [0.2, 0.25) is 0 Å². The Hall–Kier alpha value is -1.63. The van der Waals surface area contributed by atoms with Gasteiger partial charge in [-0.05, 0) is 24.3 Å². The molecule has 0 amide bonds. The summed E-state index contributed by atoms with van der Waals surface area (Å²) in [4.78, 5) is 21.6. The number of carbonyl (C=O) groups is 1. The first-order chi connectivity index (χ1) is 9.46. The number of rotatable bonds is 6. The fraction of sp³-hybridized carbons (Fsp3) is 0.462. The topological polar surface area (TPSA) is 69.4 Å². The molecule has 0 N–H and O–H groups in total. The van der Waals surface area contributed by atoms with Crippen molar-refractivity contribution in [1.29, 1.82) is 0 Å². The lowest BCUT2D eigenvalue weighted by atomic mass is 10.1. The van der Waals surface area contributed by atoms with Gasteiger partial charge in [0.1, 0.15) is 5.82 Å². The molecular weight excluding hydrogens is 285 g/mol. The van der Waals surface area contributed by atoms with E-state index in [9.17, 15) is 19.3 Å². The van der Waals surface area contributed by atoms with Gasteiger partial charge in [0.25, 0.3) is 5.69 Å². The number of nitro groups is 1. The summed E-state index contributed by atoms with van der Waals surface area (Å²) in [5.74, 6) is -0.248. The number of thioether (sulfide) groups is 1. The number of methoxy groups -OCH3 is 1. The van der Waals surface area contributed by atoms with Crippen LogP contribution in [0.4, 0.5) is 10.1 Å². The van der Waals surface area contributed by atoms with Gasteiger partial charge in [0.2, 0.25) is 0 Å². The number of halogens is 1. The molecule has 1 saturated carbocycles. The molecule has 0 aromatic heterocycles. The molecule has 1 aliphatic carbocycles. The van der Waals surface area contributed by atoms with Gasteiger partial charge in [-0.2, -0.15) is 0 Å². The Kier molecular flexibility index (Phi) is 4.27. The van der Waals surface area contributed by atoms with E-state index in [0.29, 0.717) is 17.1 Å². The largest absolute Gasteiger partial charge is 0.469 e. The van der Waals surface area contributed by atoms with Crippen molar-refractivity contribution >= 4 is 23.4 Å². The minimum atomic E-state index is -0.628. The molecule has 5 nitrogen and oxygen atoms in total. The average Bonchev–Trinajstić information content (AvgIpc) is 3.17. The van der Waals surface area contributed by atoms with Crippen molar-refractivity contribution < 1.29 is 18.8 Å². The van der Waals surface area contributed by atoms with Crippen molar-refractivity contribution in [2.45, 2.75) is 24.2 Å². The minimum absolute atomic E-state index is 0.105. The third kappa shape index (κ3) is 3.47. The lowest BCUT2D eigenvalue weighted by Crippen LogP contribution is -2.13. The number of non-ortho nitro benzene ring substituents is 1. The van der Waals surface area contributed by atoms with Crippen molar-refractivity contribution in [3.05, 3.63) is 34.1 Å². The molecular formula is C13H14FNO4S. The van der Waals surface area contributed by atoms with Crippen LogP contribution in [-0.2, 0) is 9.53 Å². The first kappa shape index (κ1) is 14.8. The molecule has 20 heavy (non-hydrogen) atoms. The van der Waals surface area contributed by atoms with Crippen molar-refractivity contribution in [1.82, 2.24) is 0 Å².